The first kappa shape index (κ1) is 47.5. The van der Waals surface area contributed by atoms with E-state index in [2.05, 4.69) is 40.9 Å². The molecule has 0 unspecified atom stereocenters. The molecule has 0 amide bonds. The number of carbonyl (C=O) groups is 1. The Kier molecular flexibility index (Phi) is 15.2. The van der Waals surface area contributed by atoms with Crippen molar-refractivity contribution in [1.82, 2.24) is 4.98 Å². The summed E-state index contributed by atoms with van der Waals surface area (Å²) >= 11 is 8.06. The fraction of sp³-hybridized carbons (Fsp3) is 0.182. The fourth-order valence-electron chi connectivity index (χ4n) is 7.46. The molecule has 0 spiro atoms. The van der Waals surface area contributed by atoms with Crippen LogP contribution >= 0.6 is 22.9 Å². The summed E-state index contributed by atoms with van der Waals surface area (Å²) in [5.41, 5.74) is 8.55. The Labute approximate surface area is 406 Å². The van der Waals surface area contributed by atoms with Crippen molar-refractivity contribution in [2.45, 2.75) is 58.1 Å². The van der Waals surface area contributed by atoms with Crippen molar-refractivity contribution >= 4 is 71.3 Å². The van der Waals surface area contributed by atoms with Gasteiger partial charge < -0.3 is 18.9 Å². The minimum absolute atomic E-state index is 0.129. The molecule has 68 heavy (non-hydrogen) atoms. The van der Waals surface area contributed by atoms with Crippen LogP contribution in [0.3, 0.4) is 0 Å². The van der Waals surface area contributed by atoms with Gasteiger partial charge in [0.2, 0.25) is 5.13 Å². The molecule has 0 aliphatic carbocycles. The van der Waals surface area contributed by atoms with Crippen LogP contribution in [0.1, 0.15) is 50.9 Å². The molecule has 346 valence electrons. The van der Waals surface area contributed by atoms with E-state index in [1.807, 2.05) is 112 Å². The molecule has 0 radical (unpaired) electrons. The number of sulfonamides is 1. The number of fused-ring (bicyclic) bond motifs is 2. The molecule has 0 saturated carbocycles. The van der Waals surface area contributed by atoms with Crippen molar-refractivity contribution < 1.29 is 32.2 Å². The van der Waals surface area contributed by atoms with E-state index < -0.39 is 16.0 Å². The summed E-state index contributed by atoms with van der Waals surface area (Å²) in [6.07, 6.45) is 4.69. The van der Waals surface area contributed by atoms with Gasteiger partial charge in [-0.2, -0.15) is 13.5 Å². The number of halogens is 1. The van der Waals surface area contributed by atoms with E-state index in [1.165, 1.54) is 11.3 Å². The summed E-state index contributed by atoms with van der Waals surface area (Å²) in [7, 11) is -4.09. The largest absolute Gasteiger partial charge is 0.493 e. The summed E-state index contributed by atoms with van der Waals surface area (Å²) in [6, 6.07) is 44.4. The number of carbonyl (C=O) groups excluding carboxylic acids is 1. The lowest BCUT2D eigenvalue weighted by Gasteiger charge is -2.17. The van der Waals surface area contributed by atoms with E-state index in [1.54, 1.807) is 30.5 Å². The predicted molar refractivity (Wildman–Crippen MR) is 273 cm³/mol. The van der Waals surface area contributed by atoms with Crippen LogP contribution in [-0.2, 0) is 45.6 Å². The third-order valence-electron chi connectivity index (χ3n) is 11.1. The van der Waals surface area contributed by atoms with E-state index in [9.17, 15) is 13.2 Å². The van der Waals surface area contributed by atoms with E-state index in [4.69, 9.17) is 30.5 Å². The number of aryl methyl sites for hydroxylation is 5. The highest BCUT2D eigenvalue weighted by atomic mass is 35.5. The molecule has 0 aliphatic rings. The van der Waals surface area contributed by atoms with Crippen LogP contribution in [0.25, 0.3) is 21.0 Å². The molecule has 0 fully saturated rings. The summed E-state index contributed by atoms with van der Waals surface area (Å²) in [4.78, 5) is 16.0. The average Bonchev–Trinajstić information content (AvgIpc) is 3.77. The highest BCUT2D eigenvalue weighted by molar-refractivity contribution is 7.93. The highest BCUT2D eigenvalue weighted by Gasteiger charge is 2.28. The number of hydrogen-bond acceptors (Lipinski definition) is 10. The Morgan fingerprint density at radius 1 is 0.735 bits per heavy atom. The number of benzene rings is 7. The van der Waals surface area contributed by atoms with Crippen LogP contribution in [0, 0.1) is 20.8 Å². The Morgan fingerprint density at radius 3 is 2.22 bits per heavy atom. The van der Waals surface area contributed by atoms with Gasteiger partial charge in [-0.05, 0) is 144 Å². The van der Waals surface area contributed by atoms with Gasteiger partial charge in [0.25, 0.3) is 10.0 Å². The zero-order valence-electron chi connectivity index (χ0n) is 38.0. The van der Waals surface area contributed by atoms with Crippen LogP contribution in [0.2, 0.25) is 5.02 Å². The van der Waals surface area contributed by atoms with Crippen molar-refractivity contribution in [3.8, 4) is 17.2 Å². The number of rotatable bonds is 20. The maximum atomic E-state index is 14.1. The fourth-order valence-corrected chi connectivity index (χ4v) is 10.0. The number of hydrazone groups is 1. The molecule has 1 aromatic heterocycles. The molecule has 13 heteroatoms. The maximum absolute atomic E-state index is 14.1. The second-order valence-corrected chi connectivity index (χ2v) is 19.5. The first-order valence-electron chi connectivity index (χ1n) is 22.1. The van der Waals surface area contributed by atoms with Crippen LogP contribution in [-0.4, -0.2) is 38.8 Å². The first-order valence-corrected chi connectivity index (χ1v) is 24.7. The second-order valence-electron chi connectivity index (χ2n) is 16.3. The number of para-hydroxylation sites is 1. The molecule has 0 saturated heterocycles. The van der Waals surface area contributed by atoms with Crippen molar-refractivity contribution in [2.24, 2.45) is 5.10 Å². The Bertz CT molecular complexity index is 3210. The molecule has 0 atom stereocenters. The van der Waals surface area contributed by atoms with Crippen molar-refractivity contribution in [3.63, 3.8) is 0 Å². The third kappa shape index (κ3) is 11.9. The molecular formula is C55H50ClN3O7S2. The van der Waals surface area contributed by atoms with E-state index >= 15 is 0 Å². The van der Waals surface area contributed by atoms with Crippen molar-refractivity contribution in [3.05, 3.63) is 202 Å². The number of ether oxygens (including phenoxy) is 4. The summed E-state index contributed by atoms with van der Waals surface area (Å²) in [5.74, 6) is 1.70. The summed E-state index contributed by atoms with van der Waals surface area (Å²) < 4.78 is 53.4. The maximum Gasteiger partial charge on any atom is 0.330 e. The van der Waals surface area contributed by atoms with Gasteiger partial charge in [-0.1, -0.05) is 113 Å². The van der Waals surface area contributed by atoms with Gasteiger partial charge in [0.05, 0.1) is 39.6 Å². The quantitative estimate of drug-likeness (QED) is 0.0244. The van der Waals surface area contributed by atoms with Crippen LogP contribution < -0.4 is 18.6 Å². The zero-order valence-corrected chi connectivity index (χ0v) is 40.4. The monoisotopic (exact) mass is 963 g/mol. The van der Waals surface area contributed by atoms with Gasteiger partial charge in [0.15, 0.2) is 0 Å². The number of esters is 1. The van der Waals surface area contributed by atoms with Crippen molar-refractivity contribution in [1.29, 1.82) is 0 Å². The van der Waals surface area contributed by atoms with Crippen LogP contribution in [0.15, 0.2) is 162 Å². The minimum atomic E-state index is -4.09. The summed E-state index contributed by atoms with van der Waals surface area (Å²) in [6.45, 7) is 10.8. The van der Waals surface area contributed by atoms with E-state index in [0.29, 0.717) is 55.4 Å². The Morgan fingerprint density at radius 2 is 1.44 bits per heavy atom. The Hall–Kier alpha value is -6.99. The summed E-state index contributed by atoms with van der Waals surface area (Å²) in [5, 5.41) is 7.53. The van der Waals surface area contributed by atoms with Gasteiger partial charge in [0.1, 0.15) is 30.5 Å². The predicted octanol–water partition coefficient (Wildman–Crippen LogP) is 12.7. The van der Waals surface area contributed by atoms with Gasteiger partial charge in [-0.3, -0.25) is 0 Å². The molecular weight excluding hydrogens is 914 g/mol. The number of aromatic nitrogens is 1. The number of hydrogen-bond donors (Lipinski definition) is 0. The van der Waals surface area contributed by atoms with Gasteiger partial charge in [-0.15, -0.1) is 4.41 Å². The highest BCUT2D eigenvalue weighted by Crippen LogP contribution is 2.34. The van der Waals surface area contributed by atoms with Crippen LogP contribution in [0.5, 0.6) is 17.2 Å². The molecule has 8 aromatic rings. The lowest BCUT2D eigenvalue weighted by molar-refractivity contribution is -0.137. The molecule has 8 rings (SSSR count). The molecule has 0 bridgehead atoms. The number of nitrogens with zero attached hydrogens (tertiary/aromatic N) is 3. The average molecular weight is 965 g/mol. The molecule has 0 N–H and O–H groups in total. The van der Waals surface area contributed by atoms with Crippen molar-refractivity contribution in [2.75, 3.05) is 17.6 Å². The normalized spacial score (nSPS) is 11.5. The Balaban J connectivity index is 0.865. The van der Waals surface area contributed by atoms with Gasteiger partial charge in [-0.25, -0.2) is 9.78 Å². The molecule has 10 nitrogen and oxygen atoms in total. The molecule has 1 heterocycles. The smallest absolute Gasteiger partial charge is 0.330 e. The molecule has 0 aliphatic heterocycles. The number of thiazole rings is 1. The van der Waals surface area contributed by atoms with Crippen LogP contribution in [0.4, 0.5) is 5.13 Å². The lowest BCUT2D eigenvalue weighted by Crippen LogP contribution is -2.26. The zero-order chi connectivity index (χ0) is 47.6. The van der Waals surface area contributed by atoms with Gasteiger partial charge >= 0.3 is 5.97 Å². The van der Waals surface area contributed by atoms with Gasteiger partial charge in [0, 0.05) is 12.5 Å². The second kappa shape index (κ2) is 21.8. The van der Waals surface area contributed by atoms with E-state index in [-0.39, 0.29) is 16.6 Å². The standard InChI is InChI=1S/C55H50ClN3O7S2/c1-5-54(60)64-28-8-27-63-47-22-21-44-31-42(15-20-45(44)33-47)36-65-51-25-17-41(30-39(51)4)35-66-52-26-16-40(32-49(52)56)14-19-43-18-11-38(3)29-46(43)34-57-59(55-58-50-9-6-7-10-53(50)67-55)68(61,62)48-23-12-37(2)13-24-48/h5-7,9-13,15-18,20-26,29-34H,1,8,14,19,27-28,35-36H2,2-4H3/b57-34+. The minimum Gasteiger partial charge on any atom is -0.493 e. The van der Waals surface area contributed by atoms with E-state index in [0.717, 1.165) is 82.0 Å². The topological polar surface area (TPSA) is 117 Å². The SMILES string of the molecule is C=CC(=O)OCCCOc1ccc2cc(COc3ccc(COc4ccc(CCc5ccc(C)cc5/C=N/N(c5nc6ccccc6s5)S(=O)(=O)c5ccc(C)cc5)cc4Cl)cc3C)ccc2c1. The molecule has 7 aromatic carbocycles. The number of anilines is 1. The lowest BCUT2D eigenvalue weighted by atomic mass is 9.98. The third-order valence-corrected chi connectivity index (χ3v) is 14.2. The first-order chi connectivity index (χ1) is 32.9.